The molecule has 0 bridgehead atoms. The second kappa shape index (κ2) is 4.92. The summed E-state index contributed by atoms with van der Waals surface area (Å²) in [6.45, 7) is 3.14. The van der Waals surface area contributed by atoms with Crippen molar-refractivity contribution in [2.75, 3.05) is 11.1 Å². The van der Waals surface area contributed by atoms with Crippen molar-refractivity contribution in [2.45, 2.75) is 13.8 Å². The van der Waals surface area contributed by atoms with Gasteiger partial charge in [-0.3, -0.25) is 9.48 Å². The van der Waals surface area contributed by atoms with Gasteiger partial charge in [-0.1, -0.05) is 0 Å². The Kier molecular flexibility index (Phi) is 3.44. The number of anilines is 2. The van der Waals surface area contributed by atoms with E-state index in [0.29, 0.717) is 17.4 Å². The molecule has 0 unspecified atom stereocenters. The number of hydrogen-bond acceptors (Lipinski definition) is 3. The normalized spacial score (nSPS) is 10.7. The van der Waals surface area contributed by atoms with E-state index in [9.17, 15) is 13.6 Å². The van der Waals surface area contributed by atoms with Crippen molar-refractivity contribution in [3.05, 3.63) is 40.6 Å². The van der Waals surface area contributed by atoms with Crippen LogP contribution in [0.15, 0.2) is 12.1 Å². The number of carbonyl (C=O) groups is 1. The minimum Gasteiger partial charge on any atom is -0.394 e. The summed E-state index contributed by atoms with van der Waals surface area (Å²) in [5, 5.41) is 6.51. The first-order chi connectivity index (χ1) is 9.31. The Morgan fingerprint density at radius 1 is 1.30 bits per heavy atom. The predicted octanol–water partition coefficient (Wildman–Crippen LogP) is 2.15. The molecule has 0 saturated carbocycles. The second-order valence-corrected chi connectivity index (χ2v) is 4.51. The highest BCUT2D eigenvalue weighted by atomic mass is 19.1. The molecule has 1 aromatic heterocycles. The molecule has 0 aliphatic rings. The van der Waals surface area contributed by atoms with E-state index in [2.05, 4.69) is 10.4 Å². The van der Waals surface area contributed by atoms with E-state index in [1.165, 1.54) is 11.6 Å². The first kappa shape index (κ1) is 14.0. The summed E-state index contributed by atoms with van der Waals surface area (Å²) in [4.78, 5) is 12.0. The van der Waals surface area contributed by atoms with Crippen molar-refractivity contribution in [2.24, 2.45) is 7.05 Å². The molecule has 3 N–H and O–H groups in total. The Morgan fingerprint density at radius 3 is 2.50 bits per heavy atom. The summed E-state index contributed by atoms with van der Waals surface area (Å²) in [7, 11) is 1.60. The van der Waals surface area contributed by atoms with Crippen LogP contribution in [0.5, 0.6) is 0 Å². The van der Waals surface area contributed by atoms with Gasteiger partial charge in [-0.15, -0.1) is 0 Å². The summed E-state index contributed by atoms with van der Waals surface area (Å²) in [6.07, 6.45) is 0. The first-order valence-electron chi connectivity index (χ1n) is 5.87. The molecule has 1 heterocycles. The van der Waals surface area contributed by atoms with Gasteiger partial charge in [-0.2, -0.15) is 5.10 Å². The molecule has 106 valence electrons. The van der Waals surface area contributed by atoms with Gasteiger partial charge in [0.25, 0.3) is 5.91 Å². The SMILES string of the molecule is Cc1cc(C(=O)Nc2c(N)c(C)nn2C)c(F)cc1F. The second-order valence-electron chi connectivity index (χ2n) is 4.51. The fraction of sp³-hybridized carbons (Fsp3) is 0.231. The molecule has 0 spiro atoms. The lowest BCUT2D eigenvalue weighted by molar-refractivity contribution is 0.102. The van der Waals surface area contributed by atoms with Gasteiger partial charge in [0, 0.05) is 13.1 Å². The number of benzene rings is 1. The summed E-state index contributed by atoms with van der Waals surface area (Å²) in [5.41, 5.74) is 6.57. The average molecular weight is 280 g/mol. The Bertz CT molecular complexity index is 694. The summed E-state index contributed by atoms with van der Waals surface area (Å²) < 4.78 is 28.2. The third-order valence-electron chi connectivity index (χ3n) is 2.99. The number of aryl methyl sites for hydroxylation is 3. The van der Waals surface area contributed by atoms with Crippen LogP contribution in [0.4, 0.5) is 20.3 Å². The van der Waals surface area contributed by atoms with Crippen molar-refractivity contribution < 1.29 is 13.6 Å². The Labute approximate surface area is 114 Å². The van der Waals surface area contributed by atoms with Crippen LogP contribution >= 0.6 is 0 Å². The Hall–Kier alpha value is -2.44. The van der Waals surface area contributed by atoms with Crippen molar-refractivity contribution in [1.29, 1.82) is 0 Å². The number of amides is 1. The van der Waals surface area contributed by atoms with Crippen LogP contribution in [0.1, 0.15) is 21.6 Å². The van der Waals surface area contributed by atoms with Crippen LogP contribution in [0.3, 0.4) is 0 Å². The van der Waals surface area contributed by atoms with Gasteiger partial charge >= 0.3 is 0 Å². The van der Waals surface area contributed by atoms with Crippen LogP contribution in [0.2, 0.25) is 0 Å². The molecule has 0 radical (unpaired) electrons. The molecule has 2 rings (SSSR count). The zero-order chi connectivity index (χ0) is 15.0. The topological polar surface area (TPSA) is 72.9 Å². The molecule has 0 fully saturated rings. The number of nitrogen functional groups attached to an aromatic ring is 1. The van der Waals surface area contributed by atoms with Gasteiger partial charge in [0.05, 0.1) is 16.9 Å². The molecule has 0 saturated heterocycles. The summed E-state index contributed by atoms with van der Waals surface area (Å²) >= 11 is 0. The van der Waals surface area contributed by atoms with Crippen LogP contribution in [0.25, 0.3) is 0 Å². The molecule has 20 heavy (non-hydrogen) atoms. The monoisotopic (exact) mass is 280 g/mol. The van der Waals surface area contributed by atoms with E-state index in [-0.39, 0.29) is 16.9 Å². The highest BCUT2D eigenvalue weighted by Crippen LogP contribution is 2.22. The number of nitrogens with zero attached hydrogens (tertiary/aromatic N) is 2. The number of aromatic nitrogens is 2. The highest BCUT2D eigenvalue weighted by molar-refractivity contribution is 6.05. The van der Waals surface area contributed by atoms with Gasteiger partial charge in [-0.25, -0.2) is 8.78 Å². The molecular formula is C13H14F2N4O. The average Bonchev–Trinajstić information content (AvgIpc) is 2.60. The number of halogens is 2. The zero-order valence-corrected chi connectivity index (χ0v) is 11.3. The van der Waals surface area contributed by atoms with Crippen LogP contribution in [0, 0.1) is 25.5 Å². The predicted molar refractivity (Wildman–Crippen MR) is 71.4 cm³/mol. The van der Waals surface area contributed by atoms with Gasteiger partial charge < -0.3 is 11.1 Å². The largest absolute Gasteiger partial charge is 0.394 e. The van der Waals surface area contributed by atoms with E-state index in [1.807, 2.05) is 0 Å². The van der Waals surface area contributed by atoms with Crippen molar-refractivity contribution in [3.63, 3.8) is 0 Å². The molecule has 1 aromatic carbocycles. The maximum absolute atomic E-state index is 13.6. The van der Waals surface area contributed by atoms with Crippen molar-refractivity contribution in [1.82, 2.24) is 9.78 Å². The van der Waals surface area contributed by atoms with E-state index in [4.69, 9.17) is 5.73 Å². The number of hydrogen-bond donors (Lipinski definition) is 2. The fourth-order valence-electron chi connectivity index (χ4n) is 1.83. The highest BCUT2D eigenvalue weighted by Gasteiger charge is 2.18. The summed E-state index contributed by atoms with van der Waals surface area (Å²) in [6, 6.07) is 1.83. The van der Waals surface area contributed by atoms with Crippen molar-refractivity contribution >= 4 is 17.4 Å². The van der Waals surface area contributed by atoms with Gasteiger partial charge in [0.1, 0.15) is 11.6 Å². The van der Waals surface area contributed by atoms with Crippen LogP contribution < -0.4 is 11.1 Å². The maximum Gasteiger partial charge on any atom is 0.259 e. The number of rotatable bonds is 2. The quantitative estimate of drug-likeness (QED) is 0.885. The fourth-order valence-corrected chi connectivity index (χ4v) is 1.83. The molecule has 0 atom stereocenters. The van der Waals surface area contributed by atoms with Gasteiger partial charge in [0.15, 0.2) is 5.82 Å². The van der Waals surface area contributed by atoms with E-state index < -0.39 is 17.5 Å². The third-order valence-corrected chi connectivity index (χ3v) is 2.99. The Morgan fingerprint density at radius 2 is 1.95 bits per heavy atom. The van der Waals surface area contributed by atoms with Crippen molar-refractivity contribution in [3.8, 4) is 0 Å². The zero-order valence-electron chi connectivity index (χ0n) is 11.3. The number of nitrogens with one attached hydrogen (secondary N) is 1. The number of nitrogens with two attached hydrogens (primary N) is 1. The molecule has 2 aromatic rings. The third kappa shape index (κ3) is 2.34. The molecule has 1 amide bonds. The van der Waals surface area contributed by atoms with Crippen LogP contribution in [-0.4, -0.2) is 15.7 Å². The first-order valence-corrected chi connectivity index (χ1v) is 5.87. The smallest absolute Gasteiger partial charge is 0.259 e. The molecule has 7 heteroatoms. The molecule has 5 nitrogen and oxygen atoms in total. The number of carbonyl (C=O) groups excluding carboxylic acids is 1. The lowest BCUT2D eigenvalue weighted by Crippen LogP contribution is -2.17. The van der Waals surface area contributed by atoms with Gasteiger partial charge in [0.2, 0.25) is 0 Å². The lowest BCUT2D eigenvalue weighted by atomic mass is 10.1. The maximum atomic E-state index is 13.6. The van der Waals surface area contributed by atoms with E-state index in [0.717, 1.165) is 6.07 Å². The van der Waals surface area contributed by atoms with Crippen LogP contribution in [-0.2, 0) is 7.05 Å². The lowest BCUT2D eigenvalue weighted by Gasteiger charge is -2.08. The molecule has 0 aliphatic heterocycles. The van der Waals surface area contributed by atoms with E-state index in [1.54, 1.807) is 14.0 Å². The minimum atomic E-state index is -0.928. The molecular weight excluding hydrogens is 266 g/mol. The van der Waals surface area contributed by atoms with Gasteiger partial charge in [-0.05, 0) is 25.5 Å². The summed E-state index contributed by atoms with van der Waals surface area (Å²) in [5.74, 6) is -2.06. The minimum absolute atomic E-state index is 0.186. The standard InChI is InChI=1S/C13H14F2N4O/c1-6-4-8(10(15)5-9(6)14)13(20)17-12-11(16)7(2)18-19(12)3/h4-5H,16H2,1-3H3,(H,17,20). The molecule has 0 aliphatic carbocycles. The van der Waals surface area contributed by atoms with E-state index >= 15 is 0 Å². The Balaban J connectivity index is 2.36.